The molecule has 1 N–H and O–H groups in total. The molecule has 0 aliphatic heterocycles. The van der Waals surface area contributed by atoms with Crippen LogP contribution in [0.1, 0.15) is 40.5 Å². The van der Waals surface area contributed by atoms with Gasteiger partial charge in [0.25, 0.3) is 0 Å². The predicted octanol–water partition coefficient (Wildman–Crippen LogP) is 2.80. The Kier molecular flexibility index (Phi) is 3.98. The first-order valence-corrected chi connectivity index (χ1v) is 7.82. The summed E-state index contributed by atoms with van der Waals surface area (Å²) in [6.07, 6.45) is 2.14. The van der Waals surface area contributed by atoms with Gasteiger partial charge in [-0.15, -0.1) is 0 Å². The number of hydrogen-bond acceptors (Lipinski definition) is 1. The second-order valence-electron chi connectivity index (χ2n) is 5.15. The first kappa shape index (κ1) is 12.2. The topological polar surface area (TPSA) is 20.2 Å². The summed E-state index contributed by atoms with van der Waals surface area (Å²) in [4.78, 5) is 0. The number of hydrogen-bond donors (Lipinski definition) is 1. The third-order valence-electron chi connectivity index (χ3n) is 3.04. The van der Waals surface area contributed by atoms with Gasteiger partial charge < -0.3 is 5.11 Å². The molecular formula is C10H24OSi. The lowest BCUT2D eigenvalue weighted by Crippen LogP contribution is -2.33. The van der Waals surface area contributed by atoms with Gasteiger partial charge in [0.1, 0.15) is 0 Å². The SMILES string of the molecule is CCC(C)(CC(C)(C)O)[SiH](C)C. The van der Waals surface area contributed by atoms with Crippen LogP contribution >= 0.6 is 0 Å². The normalized spacial score (nSPS) is 18.0. The number of rotatable bonds is 4. The van der Waals surface area contributed by atoms with Crippen LogP contribution in [0.15, 0.2) is 0 Å². The Morgan fingerprint density at radius 2 is 1.58 bits per heavy atom. The summed E-state index contributed by atoms with van der Waals surface area (Å²) in [7, 11) is -0.660. The van der Waals surface area contributed by atoms with Gasteiger partial charge in [-0.3, -0.25) is 0 Å². The van der Waals surface area contributed by atoms with E-state index in [1.165, 1.54) is 6.42 Å². The monoisotopic (exact) mass is 188 g/mol. The summed E-state index contributed by atoms with van der Waals surface area (Å²) in [6, 6.07) is 0. The lowest BCUT2D eigenvalue weighted by atomic mass is 9.92. The van der Waals surface area contributed by atoms with Gasteiger partial charge in [-0.1, -0.05) is 33.4 Å². The highest BCUT2D eigenvalue weighted by Gasteiger charge is 2.32. The molecule has 0 aromatic rings. The van der Waals surface area contributed by atoms with Crippen molar-refractivity contribution in [2.24, 2.45) is 0 Å². The van der Waals surface area contributed by atoms with E-state index >= 15 is 0 Å². The molecule has 0 aromatic carbocycles. The molecular weight excluding hydrogens is 164 g/mol. The lowest BCUT2D eigenvalue weighted by molar-refractivity contribution is 0.0570. The van der Waals surface area contributed by atoms with E-state index in [-0.39, 0.29) is 0 Å². The van der Waals surface area contributed by atoms with Crippen molar-refractivity contribution in [2.75, 3.05) is 0 Å². The first-order chi connectivity index (χ1) is 5.21. The molecule has 0 fully saturated rings. The summed E-state index contributed by atoms with van der Waals surface area (Å²) in [5.74, 6) is 0. The Hall–Kier alpha value is 0.177. The Bertz CT molecular complexity index is 137. The molecule has 2 heteroatoms. The van der Waals surface area contributed by atoms with E-state index in [9.17, 15) is 5.11 Å². The minimum absolute atomic E-state index is 0.415. The van der Waals surface area contributed by atoms with E-state index in [0.29, 0.717) is 5.04 Å². The Balaban J connectivity index is 4.35. The fraction of sp³-hybridized carbons (Fsp3) is 1.00. The van der Waals surface area contributed by atoms with Crippen LogP contribution in [-0.2, 0) is 0 Å². The van der Waals surface area contributed by atoms with Crippen molar-refractivity contribution in [3.8, 4) is 0 Å². The van der Waals surface area contributed by atoms with Gasteiger partial charge in [0.15, 0.2) is 0 Å². The fourth-order valence-corrected chi connectivity index (χ4v) is 3.45. The zero-order valence-corrected chi connectivity index (χ0v) is 10.6. The molecule has 0 saturated heterocycles. The number of aliphatic hydroxyl groups is 1. The maximum Gasteiger partial charge on any atom is 0.0594 e. The van der Waals surface area contributed by atoms with Crippen LogP contribution < -0.4 is 0 Å². The Morgan fingerprint density at radius 1 is 1.17 bits per heavy atom. The zero-order chi connectivity index (χ0) is 9.99. The molecule has 0 spiro atoms. The smallest absolute Gasteiger partial charge is 0.0594 e. The fourth-order valence-electron chi connectivity index (χ4n) is 1.73. The van der Waals surface area contributed by atoms with Crippen LogP contribution in [0.25, 0.3) is 0 Å². The van der Waals surface area contributed by atoms with Crippen molar-refractivity contribution in [2.45, 2.75) is 64.3 Å². The second kappa shape index (κ2) is 3.92. The zero-order valence-electron chi connectivity index (χ0n) is 9.44. The maximum absolute atomic E-state index is 9.76. The van der Waals surface area contributed by atoms with Gasteiger partial charge in [0.2, 0.25) is 0 Å². The minimum atomic E-state index is -0.660. The van der Waals surface area contributed by atoms with E-state index in [0.717, 1.165) is 6.42 Å². The van der Waals surface area contributed by atoms with Gasteiger partial charge in [-0.05, 0) is 25.3 Å². The van der Waals surface area contributed by atoms with Crippen molar-refractivity contribution < 1.29 is 5.11 Å². The molecule has 0 aromatic heterocycles. The van der Waals surface area contributed by atoms with Crippen LogP contribution in [-0.4, -0.2) is 19.5 Å². The standard InChI is InChI=1S/C10H24OSi/c1-7-10(4,12(5)6)8-9(2,3)11/h11-12H,7-8H2,1-6H3. The van der Waals surface area contributed by atoms with E-state index in [2.05, 4.69) is 26.9 Å². The molecule has 74 valence electrons. The molecule has 0 amide bonds. The van der Waals surface area contributed by atoms with E-state index in [1.54, 1.807) is 0 Å². The van der Waals surface area contributed by atoms with Crippen molar-refractivity contribution in [1.29, 1.82) is 0 Å². The Labute approximate surface area is 78.8 Å². The van der Waals surface area contributed by atoms with Crippen molar-refractivity contribution in [1.82, 2.24) is 0 Å². The molecule has 1 unspecified atom stereocenters. The molecule has 0 aliphatic rings. The molecule has 0 heterocycles. The summed E-state index contributed by atoms with van der Waals surface area (Å²) in [5.41, 5.74) is -0.498. The second-order valence-corrected chi connectivity index (χ2v) is 8.85. The molecule has 1 atom stereocenters. The highest BCUT2D eigenvalue weighted by atomic mass is 28.3. The van der Waals surface area contributed by atoms with Crippen molar-refractivity contribution >= 4 is 8.80 Å². The van der Waals surface area contributed by atoms with Crippen molar-refractivity contribution in [3.63, 3.8) is 0 Å². The van der Waals surface area contributed by atoms with Crippen LogP contribution in [0.2, 0.25) is 18.1 Å². The van der Waals surface area contributed by atoms with E-state index in [4.69, 9.17) is 0 Å². The molecule has 12 heavy (non-hydrogen) atoms. The third kappa shape index (κ3) is 3.72. The average Bonchev–Trinajstić information content (AvgIpc) is 1.83. The summed E-state index contributed by atoms with van der Waals surface area (Å²) < 4.78 is 0. The largest absolute Gasteiger partial charge is 0.390 e. The highest BCUT2D eigenvalue weighted by molar-refractivity contribution is 6.59. The minimum Gasteiger partial charge on any atom is -0.390 e. The summed E-state index contributed by atoms with van der Waals surface area (Å²) in [5, 5.41) is 10.2. The third-order valence-corrected chi connectivity index (χ3v) is 6.44. The van der Waals surface area contributed by atoms with Gasteiger partial charge in [0.05, 0.1) is 5.60 Å². The summed E-state index contributed by atoms with van der Waals surface area (Å²) in [6.45, 7) is 13.1. The average molecular weight is 188 g/mol. The van der Waals surface area contributed by atoms with Crippen LogP contribution in [0.3, 0.4) is 0 Å². The van der Waals surface area contributed by atoms with E-state index in [1.807, 2.05) is 13.8 Å². The van der Waals surface area contributed by atoms with Crippen LogP contribution in [0.5, 0.6) is 0 Å². The first-order valence-electron chi connectivity index (χ1n) is 4.93. The molecule has 0 saturated carbocycles. The molecule has 1 nitrogen and oxygen atoms in total. The lowest BCUT2D eigenvalue weighted by Gasteiger charge is -2.37. The van der Waals surface area contributed by atoms with Gasteiger partial charge in [0, 0.05) is 8.80 Å². The van der Waals surface area contributed by atoms with Gasteiger partial charge in [-0.2, -0.15) is 0 Å². The van der Waals surface area contributed by atoms with Gasteiger partial charge in [-0.25, -0.2) is 0 Å². The van der Waals surface area contributed by atoms with Crippen LogP contribution in [0.4, 0.5) is 0 Å². The molecule has 0 rings (SSSR count). The molecule has 0 radical (unpaired) electrons. The van der Waals surface area contributed by atoms with Crippen molar-refractivity contribution in [3.05, 3.63) is 0 Å². The summed E-state index contributed by atoms with van der Waals surface area (Å²) >= 11 is 0. The molecule has 0 bridgehead atoms. The molecule has 0 aliphatic carbocycles. The van der Waals surface area contributed by atoms with Crippen LogP contribution in [0, 0.1) is 0 Å². The Morgan fingerprint density at radius 3 is 1.67 bits per heavy atom. The highest BCUT2D eigenvalue weighted by Crippen LogP contribution is 2.41. The quantitative estimate of drug-likeness (QED) is 0.673. The van der Waals surface area contributed by atoms with E-state index < -0.39 is 14.4 Å². The maximum atomic E-state index is 9.76. The van der Waals surface area contributed by atoms with Gasteiger partial charge >= 0.3 is 0 Å². The predicted molar refractivity (Wildman–Crippen MR) is 58.4 cm³/mol.